The first-order valence-electron chi connectivity index (χ1n) is 7.88. The second-order valence-corrected chi connectivity index (χ2v) is 6.55. The number of carbonyl (C=O) groups excluding carboxylic acids is 1. The number of rotatable bonds is 2. The van der Waals surface area contributed by atoms with Crippen molar-refractivity contribution in [2.24, 2.45) is 0 Å². The average molecular weight is 339 g/mol. The normalized spacial score (nSPS) is 20.2. The van der Waals surface area contributed by atoms with Crippen LogP contribution in [0.25, 0.3) is 5.70 Å². The highest BCUT2D eigenvalue weighted by Gasteiger charge is 2.33. The first-order valence-corrected chi connectivity index (χ1v) is 8.25. The number of halogens is 1. The van der Waals surface area contributed by atoms with E-state index in [1.807, 2.05) is 29.1 Å². The molecular formula is C18H15ClN4O. The zero-order valence-corrected chi connectivity index (χ0v) is 13.7. The Bertz CT molecular complexity index is 879. The summed E-state index contributed by atoms with van der Waals surface area (Å²) in [6.07, 6.45) is 4.90. The zero-order valence-electron chi connectivity index (χ0n) is 12.9. The molecule has 1 atom stereocenters. The van der Waals surface area contributed by atoms with Crippen molar-refractivity contribution in [3.05, 3.63) is 58.4 Å². The SMILES string of the molecule is N#CC1=C(N2CC[C@@H](n3cccn3)C2)c2cc(Cl)ccc2CC1=O. The molecule has 1 aromatic carbocycles. The Hall–Kier alpha value is -2.58. The number of aromatic nitrogens is 2. The molecule has 1 fully saturated rings. The van der Waals surface area contributed by atoms with E-state index < -0.39 is 0 Å². The molecule has 1 saturated heterocycles. The third kappa shape index (κ3) is 2.40. The fourth-order valence-corrected chi connectivity index (χ4v) is 3.72. The van der Waals surface area contributed by atoms with Gasteiger partial charge in [0.25, 0.3) is 0 Å². The summed E-state index contributed by atoms with van der Waals surface area (Å²) in [4.78, 5) is 14.5. The van der Waals surface area contributed by atoms with Crippen molar-refractivity contribution in [2.45, 2.75) is 18.9 Å². The van der Waals surface area contributed by atoms with Crippen LogP contribution in [0.4, 0.5) is 0 Å². The second kappa shape index (κ2) is 5.81. The number of hydrogen-bond acceptors (Lipinski definition) is 4. The lowest BCUT2D eigenvalue weighted by Gasteiger charge is -2.28. The van der Waals surface area contributed by atoms with Gasteiger partial charge in [-0.05, 0) is 30.2 Å². The van der Waals surface area contributed by atoms with E-state index in [0.29, 0.717) is 5.02 Å². The Morgan fingerprint density at radius 2 is 2.25 bits per heavy atom. The summed E-state index contributed by atoms with van der Waals surface area (Å²) in [6, 6.07) is 9.79. The summed E-state index contributed by atoms with van der Waals surface area (Å²) >= 11 is 6.16. The number of Topliss-reactive ketones (excluding diaryl/α,β-unsaturated/α-hetero) is 1. The van der Waals surface area contributed by atoms with Gasteiger partial charge >= 0.3 is 0 Å². The lowest BCUT2D eigenvalue weighted by Crippen LogP contribution is -2.27. The van der Waals surface area contributed by atoms with Gasteiger partial charge in [-0.2, -0.15) is 10.4 Å². The maximum atomic E-state index is 12.4. The largest absolute Gasteiger partial charge is 0.368 e. The highest BCUT2D eigenvalue weighted by molar-refractivity contribution is 6.31. The maximum absolute atomic E-state index is 12.4. The van der Waals surface area contributed by atoms with E-state index in [2.05, 4.69) is 16.1 Å². The van der Waals surface area contributed by atoms with E-state index >= 15 is 0 Å². The number of benzene rings is 1. The zero-order chi connectivity index (χ0) is 16.7. The van der Waals surface area contributed by atoms with Gasteiger partial charge in [-0.1, -0.05) is 17.7 Å². The summed E-state index contributed by atoms with van der Waals surface area (Å²) in [5.74, 6) is -0.120. The van der Waals surface area contributed by atoms with Crippen LogP contribution in [0.3, 0.4) is 0 Å². The van der Waals surface area contributed by atoms with Crippen molar-refractivity contribution < 1.29 is 4.79 Å². The van der Waals surface area contributed by atoms with E-state index in [9.17, 15) is 10.1 Å². The molecule has 0 N–H and O–H groups in total. The molecule has 0 bridgehead atoms. The van der Waals surface area contributed by atoms with Gasteiger partial charge in [-0.15, -0.1) is 0 Å². The van der Waals surface area contributed by atoms with E-state index in [4.69, 9.17) is 11.6 Å². The molecule has 1 aromatic heterocycles. The van der Waals surface area contributed by atoms with Gasteiger partial charge < -0.3 is 4.90 Å². The quantitative estimate of drug-likeness (QED) is 0.844. The van der Waals surface area contributed by atoms with Crippen molar-refractivity contribution >= 4 is 23.1 Å². The first kappa shape index (κ1) is 15.0. The van der Waals surface area contributed by atoms with Crippen LogP contribution >= 0.6 is 11.6 Å². The minimum absolute atomic E-state index is 0.120. The van der Waals surface area contributed by atoms with Crippen LogP contribution in [0.2, 0.25) is 5.02 Å². The Kier molecular flexibility index (Phi) is 3.62. The van der Waals surface area contributed by atoms with E-state index in [-0.39, 0.29) is 23.8 Å². The van der Waals surface area contributed by atoms with Crippen molar-refractivity contribution in [3.8, 4) is 6.07 Å². The third-order valence-corrected chi connectivity index (χ3v) is 4.92. The lowest BCUT2D eigenvalue weighted by molar-refractivity contribution is -0.114. The predicted octanol–water partition coefficient (Wildman–Crippen LogP) is 2.84. The number of nitriles is 1. The molecule has 0 spiro atoms. The van der Waals surface area contributed by atoms with Gasteiger partial charge in [0, 0.05) is 42.5 Å². The maximum Gasteiger partial charge on any atom is 0.179 e. The molecule has 2 aliphatic rings. The Morgan fingerprint density at radius 3 is 3.00 bits per heavy atom. The van der Waals surface area contributed by atoms with Gasteiger partial charge in [0.1, 0.15) is 11.6 Å². The van der Waals surface area contributed by atoms with Gasteiger partial charge in [-0.25, -0.2) is 0 Å². The predicted molar refractivity (Wildman–Crippen MR) is 90.2 cm³/mol. The van der Waals surface area contributed by atoms with Crippen LogP contribution < -0.4 is 0 Å². The third-order valence-electron chi connectivity index (χ3n) is 4.68. The number of hydrogen-bond donors (Lipinski definition) is 0. The second-order valence-electron chi connectivity index (χ2n) is 6.11. The fraction of sp³-hybridized carbons (Fsp3) is 0.278. The molecule has 1 aliphatic heterocycles. The summed E-state index contributed by atoms with van der Waals surface area (Å²) in [5.41, 5.74) is 2.80. The minimum atomic E-state index is -0.120. The van der Waals surface area contributed by atoms with Crippen LogP contribution in [0.1, 0.15) is 23.6 Å². The van der Waals surface area contributed by atoms with Crippen LogP contribution in [-0.4, -0.2) is 33.6 Å². The molecule has 0 amide bonds. The summed E-state index contributed by atoms with van der Waals surface area (Å²) in [7, 11) is 0. The van der Waals surface area contributed by atoms with E-state index in [1.165, 1.54) is 0 Å². The van der Waals surface area contributed by atoms with Gasteiger partial charge in [0.2, 0.25) is 0 Å². The fourth-order valence-electron chi connectivity index (χ4n) is 3.55. The highest BCUT2D eigenvalue weighted by atomic mass is 35.5. The molecule has 1 aliphatic carbocycles. The van der Waals surface area contributed by atoms with Gasteiger partial charge in [0.15, 0.2) is 5.78 Å². The van der Waals surface area contributed by atoms with Crippen LogP contribution in [-0.2, 0) is 11.2 Å². The smallest absolute Gasteiger partial charge is 0.179 e. The molecule has 0 radical (unpaired) electrons. The molecule has 4 rings (SSSR count). The number of nitrogens with zero attached hydrogens (tertiary/aromatic N) is 4. The summed E-state index contributed by atoms with van der Waals surface area (Å²) < 4.78 is 1.94. The van der Waals surface area contributed by atoms with Crippen molar-refractivity contribution in [1.82, 2.24) is 14.7 Å². The molecule has 2 aromatic rings. The standard InChI is InChI=1S/C18H15ClN4O/c19-13-3-2-12-8-17(24)16(10-20)18(15(12)9-13)22-7-4-14(11-22)23-6-1-5-21-23/h1-3,5-6,9,14H,4,7-8,11H2/t14-/m1/s1. The molecule has 0 saturated carbocycles. The minimum Gasteiger partial charge on any atom is -0.368 e. The van der Waals surface area contributed by atoms with Crippen molar-refractivity contribution in [3.63, 3.8) is 0 Å². The lowest BCUT2D eigenvalue weighted by atomic mass is 9.88. The monoisotopic (exact) mass is 338 g/mol. The van der Waals surface area contributed by atoms with Gasteiger partial charge in [-0.3, -0.25) is 9.48 Å². The van der Waals surface area contributed by atoms with Crippen molar-refractivity contribution in [2.75, 3.05) is 13.1 Å². The molecule has 6 heteroatoms. The molecule has 120 valence electrons. The average Bonchev–Trinajstić information content (AvgIpc) is 3.25. The van der Waals surface area contributed by atoms with E-state index in [0.717, 1.165) is 36.3 Å². The number of ketones is 1. The van der Waals surface area contributed by atoms with E-state index in [1.54, 1.807) is 12.3 Å². The Morgan fingerprint density at radius 1 is 1.38 bits per heavy atom. The Balaban J connectivity index is 1.76. The molecule has 0 unspecified atom stereocenters. The number of likely N-dealkylation sites (tertiary alicyclic amines) is 1. The number of allylic oxidation sites excluding steroid dienone is 1. The van der Waals surface area contributed by atoms with Crippen LogP contribution in [0, 0.1) is 11.3 Å². The van der Waals surface area contributed by atoms with Crippen LogP contribution in [0.5, 0.6) is 0 Å². The number of fused-ring (bicyclic) bond motifs is 1. The molecule has 5 nitrogen and oxygen atoms in total. The molecule has 2 heterocycles. The highest BCUT2D eigenvalue weighted by Crippen LogP contribution is 2.37. The first-order chi connectivity index (χ1) is 11.7. The van der Waals surface area contributed by atoms with Gasteiger partial charge in [0.05, 0.1) is 11.7 Å². The topological polar surface area (TPSA) is 61.9 Å². The molecular weight excluding hydrogens is 324 g/mol. The van der Waals surface area contributed by atoms with Crippen molar-refractivity contribution in [1.29, 1.82) is 5.26 Å². The Labute approximate surface area is 144 Å². The number of carbonyl (C=O) groups is 1. The summed E-state index contributed by atoms with van der Waals surface area (Å²) in [6.45, 7) is 1.51. The van der Waals surface area contributed by atoms with Crippen LogP contribution in [0.15, 0.2) is 42.2 Å². The molecule has 24 heavy (non-hydrogen) atoms. The summed E-state index contributed by atoms with van der Waals surface area (Å²) in [5, 5.41) is 14.5.